The molecule has 2 unspecified atom stereocenters. The highest BCUT2D eigenvalue weighted by Gasteiger charge is 2.54. The number of alkyl halides is 2. The molecule has 2 heterocycles. The molecule has 0 aliphatic carbocycles. The third-order valence-electron chi connectivity index (χ3n) is 3.67. The molecular formula is C10H18F2N2. The molecule has 0 aromatic rings. The average Bonchev–Trinajstić information content (AvgIpc) is 2.68. The van der Waals surface area contributed by atoms with Crippen LogP contribution >= 0.6 is 0 Å². The molecule has 2 rings (SSSR count). The summed E-state index contributed by atoms with van der Waals surface area (Å²) in [5, 5.41) is 3.04. The Morgan fingerprint density at radius 3 is 2.93 bits per heavy atom. The van der Waals surface area contributed by atoms with E-state index in [1.54, 1.807) is 0 Å². The number of rotatable bonds is 3. The van der Waals surface area contributed by atoms with Gasteiger partial charge in [0.2, 0.25) is 0 Å². The number of hydrogen-bond acceptors (Lipinski definition) is 2. The van der Waals surface area contributed by atoms with E-state index in [2.05, 4.69) is 10.2 Å². The zero-order chi connectivity index (χ0) is 10.2. The molecule has 0 spiro atoms. The smallest absolute Gasteiger partial charge is 0.258 e. The standard InChI is InChI=1S/C10H18F2N2/c1-2-13-10(9(11)12)5-7-14-6-3-4-8(10)14/h8-9,13H,2-7H2,1H3. The van der Waals surface area contributed by atoms with E-state index in [1.807, 2.05) is 6.92 Å². The van der Waals surface area contributed by atoms with Gasteiger partial charge < -0.3 is 5.32 Å². The Balaban J connectivity index is 2.17. The molecular weight excluding hydrogens is 186 g/mol. The Labute approximate surface area is 83.7 Å². The van der Waals surface area contributed by atoms with Crippen molar-refractivity contribution in [3.63, 3.8) is 0 Å². The minimum Gasteiger partial charge on any atom is -0.305 e. The molecule has 0 aromatic heterocycles. The van der Waals surface area contributed by atoms with Crippen LogP contribution in [0.25, 0.3) is 0 Å². The topological polar surface area (TPSA) is 15.3 Å². The van der Waals surface area contributed by atoms with E-state index < -0.39 is 12.0 Å². The number of nitrogens with zero attached hydrogens (tertiary/aromatic N) is 1. The maximum Gasteiger partial charge on any atom is 0.258 e. The van der Waals surface area contributed by atoms with Crippen LogP contribution in [-0.2, 0) is 0 Å². The van der Waals surface area contributed by atoms with Gasteiger partial charge in [-0.2, -0.15) is 0 Å². The Morgan fingerprint density at radius 1 is 1.50 bits per heavy atom. The van der Waals surface area contributed by atoms with Gasteiger partial charge in [-0.3, -0.25) is 4.90 Å². The van der Waals surface area contributed by atoms with Crippen LogP contribution in [-0.4, -0.2) is 42.5 Å². The zero-order valence-corrected chi connectivity index (χ0v) is 8.60. The lowest BCUT2D eigenvalue weighted by Crippen LogP contribution is -2.58. The molecule has 82 valence electrons. The van der Waals surface area contributed by atoms with Crippen molar-refractivity contribution in [3.05, 3.63) is 0 Å². The van der Waals surface area contributed by atoms with Crippen LogP contribution in [0.2, 0.25) is 0 Å². The normalized spacial score (nSPS) is 38.1. The first kappa shape index (κ1) is 10.3. The number of fused-ring (bicyclic) bond motifs is 1. The third-order valence-corrected chi connectivity index (χ3v) is 3.67. The first-order valence-electron chi connectivity index (χ1n) is 5.48. The van der Waals surface area contributed by atoms with Crippen molar-refractivity contribution in [2.45, 2.75) is 44.2 Å². The second-order valence-electron chi connectivity index (χ2n) is 4.32. The SMILES string of the molecule is CCNC1(C(F)F)CCN2CCCC21. The summed E-state index contributed by atoms with van der Waals surface area (Å²) < 4.78 is 26.3. The molecule has 2 fully saturated rings. The second-order valence-corrected chi connectivity index (χ2v) is 4.32. The summed E-state index contributed by atoms with van der Waals surface area (Å²) in [5.41, 5.74) is -0.911. The number of likely N-dealkylation sites (N-methyl/N-ethyl adjacent to an activating group) is 1. The van der Waals surface area contributed by atoms with E-state index in [0.717, 1.165) is 25.9 Å². The summed E-state index contributed by atoms with van der Waals surface area (Å²) in [6.07, 6.45) is 0.362. The van der Waals surface area contributed by atoms with Crippen LogP contribution in [0, 0.1) is 0 Å². The van der Waals surface area contributed by atoms with Crippen LogP contribution in [0.5, 0.6) is 0 Å². The van der Waals surface area contributed by atoms with Gasteiger partial charge in [-0.15, -0.1) is 0 Å². The van der Waals surface area contributed by atoms with Crippen molar-refractivity contribution in [2.75, 3.05) is 19.6 Å². The Bertz CT molecular complexity index is 206. The first-order chi connectivity index (χ1) is 6.70. The van der Waals surface area contributed by atoms with E-state index in [-0.39, 0.29) is 6.04 Å². The Morgan fingerprint density at radius 2 is 2.29 bits per heavy atom. The molecule has 0 aromatic carbocycles. The molecule has 1 N–H and O–H groups in total. The lowest BCUT2D eigenvalue weighted by Gasteiger charge is -2.35. The van der Waals surface area contributed by atoms with E-state index in [1.165, 1.54) is 0 Å². The van der Waals surface area contributed by atoms with Crippen molar-refractivity contribution in [3.8, 4) is 0 Å². The van der Waals surface area contributed by atoms with Crippen LogP contribution < -0.4 is 5.32 Å². The zero-order valence-electron chi connectivity index (χ0n) is 8.60. The maximum atomic E-state index is 13.1. The van der Waals surface area contributed by atoms with Crippen molar-refractivity contribution in [1.82, 2.24) is 10.2 Å². The second kappa shape index (κ2) is 3.74. The molecule has 2 atom stereocenters. The fraction of sp³-hybridized carbons (Fsp3) is 1.00. The Hall–Kier alpha value is -0.220. The molecule has 2 nitrogen and oxygen atoms in total. The fourth-order valence-corrected chi connectivity index (χ4v) is 3.04. The van der Waals surface area contributed by atoms with Gasteiger partial charge in [-0.25, -0.2) is 8.78 Å². The average molecular weight is 204 g/mol. The van der Waals surface area contributed by atoms with E-state index in [0.29, 0.717) is 13.0 Å². The van der Waals surface area contributed by atoms with Crippen molar-refractivity contribution in [1.29, 1.82) is 0 Å². The van der Waals surface area contributed by atoms with E-state index in [9.17, 15) is 8.78 Å². The largest absolute Gasteiger partial charge is 0.305 e. The molecule has 0 amide bonds. The molecule has 4 heteroatoms. The van der Waals surface area contributed by atoms with Gasteiger partial charge in [0.15, 0.2) is 0 Å². The van der Waals surface area contributed by atoms with Crippen LogP contribution in [0.1, 0.15) is 26.2 Å². The molecule has 2 aliphatic heterocycles. The highest BCUT2D eigenvalue weighted by Crippen LogP contribution is 2.39. The van der Waals surface area contributed by atoms with Gasteiger partial charge in [0.05, 0.1) is 5.54 Å². The van der Waals surface area contributed by atoms with Crippen molar-refractivity contribution in [2.24, 2.45) is 0 Å². The summed E-state index contributed by atoms with van der Waals surface area (Å²) in [5.74, 6) is 0. The van der Waals surface area contributed by atoms with Gasteiger partial charge in [-0.1, -0.05) is 6.92 Å². The molecule has 2 saturated heterocycles. The molecule has 0 bridgehead atoms. The van der Waals surface area contributed by atoms with Gasteiger partial charge in [-0.05, 0) is 32.4 Å². The summed E-state index contributed by atoms with van der Waals surface area (Å²) in [6, 6.07) is 0.0717. The van der Waals surface area contributed by atoms with E-state index >= 15 is 0 Å². The van der Waals surface area contributed by atoms with Crippen LogP contribution in [0.15, 0.2) is 0 Å². The van der Waals surface area contributed by atoms with Gasteiger partial charge >= 0.3 is 0 Å². The number of hydrogen-bond donors (Lipinski definition) is 1. The third kappa shape index (κ3) is 1.36. The molecule has 14 heavy (non-hydrogen) atoms. The molecule has 0 saturated carbocycles. The lowest BCUT2D eigenvalue weighted by atomic mass is 9.89. The minimum absolute atomic E-state index is 0.0717. The number of halogens is 2. The fourth-order valence-electron chi connectivity index (χ4n) is 3.04. The van der Waals surface area contributed by atoms with Gasteiger partial charge in [0.25, 0.3) is 6.43 Å². The van der Waals surface area contributed by atoms with Crippen LogP contribution in [0.3, 0.4) is 0 Å². The van der Waals surface area contributed by atoms with Crippen molar-refractivity contribution < 1.29 is 8.78 Å². The van der Waals surface area contributed by atoms with Crippen LogP contribution in [0.4, 0.5) is 8.78 Å². The quantitative estimate of drug-likeness (QED) is 0.749. The first-order valence-corrected chi connectivity index (χ1v) is 5.48. The summed E-state index contributed by atoms with van der Waals surface area (Å²) >= 11 is 0. The summed E-state index contributed by atoms with van der Waals surface area (Å²) in [7, 11) is 0. The lowest BCUT2D eigenvalue weighted by molar-refractivity contribution is 0.0141. The van der Waals surface area contributed by atoms with E-state index in [4.69, 9.17) is 0 Å². The highest BCUT2D eigenvalue weighted by molar-refractivity contribution is 5.09. The van der Waals surface area contributed by atoms with Gasteiger partial charge in [0, 0.05) is 12.6 Å². The van der Waals surface area contributed by atoms with Gasteiger partial charge in [0.1, 0.15) is 0 Å². The highest BCUT2D eigenvalue weighted by atomic mass is 19.3. The molecule has 2 aliphatic rings. The predicted molar refractivity (Wildman–Crippen MR) is 51.6 cm³/mol. The summed E-state index contributed by atoms with van der Waals surface area (Å²) in [6.45, 7) is 4.38. The van der Waals surface area contributed by atoms with Crippen molar-refractivity contribution >= 4 is 0 Å². The summed E-state index contributed by atoms with van der Waals surface area (Å²) in [4.78, 5) is 2.22. The monoisotopic (exact) mass is 204 g/mol. The molecule has 0 radical (unpaired) electrons. The minimum atomic E-state index is -2.24. The predicted octanol–water partition coefficient (Wildman–Crippen LogP) is 1.47. The maximum absolute atomic E-state index is 13.1. The Kier molecular flexibility index (Phi) is 2.75. The number of nitrogens with one attached hydrogen (secondary N) is 1.